The highest BCUT2D eigenvalue weighted by Gasteiger charge is 2.04. The molecule has 92 valence electrons. The topological polar surface area (TPSA) is 94.1 Å². The Labute approximate surface area is 104 Å². The Morgan fingerprint density at radius 1 is 1.28 bits per heavy atom. The van der Waals surface area contributed by atoms with Crippen molar-refractivity contribution in [2.75, 3.05) is 11.1 Å². The molecule has 18 heavy (non-hydrogen) atoms. The number of nitrogen functional groups attached to an aromatic ring is 1. The monoisotopic (exact) mass is 244 g/mol. The van der Waals surface area contributed by atoms with Gasteiger partial charge >= 0.3 is 0 Å². The van der Waals surface area contributed by atoms with Crippen molar-refractivity contribution in [3.8, 4) is 0 Å². The second kappa shape index (κ2) is 5.13. The average Bonchev–Trinajstić information content (AvgIpc) is 2.38. The maximum absolute atomic E-state index is 10.5. The molecular weight excluding hydrogens is 232 g/mol. The number of rotatable bonds is 4. The summed E-state index contributed by atoms with van der Waals surface area (Å²) in [6.45, 7) is 0.536. The molecule has 6 heteroatoms. The number of nitro groups is 1. The Hall–Kier alpha value is -2.63. The highest BCUT2D eigenvalue weighted by atomic mass is 16.6. The van der Waals surface area contributed by atoms with Crippen molar-refractivity contribution in [1.29, 1.82) is 0 Å². The highest BCUT2D eigenvalue weighted by molar-refractivity contribution is 5.64. The molecule has 0 saturated carbocycles. The number of nitrogens with zero attached hydrogens (tertiary/aromatic N) is 2. The van der Waals surface area contributed by atoms with Crippen molar-refractivity contribution in [3.63, 3.8) is 0 Å². The first-order valence-corrected chi connectivity index (χ1v) is 5.33. The maximum Gasteiger partial charge on any atom is 0.269 e. The third-order valence-corrected chi connectivity index (χ3v) is 2.48. The number of benzene rings is 1. The molecule has 0 saturated heterocycles. The minimum absolute atomic E-state index is 0.0830. The van der Waals surface area contributed by atoms with Gasteiger partial charge in [0.1, 0.15) is 0 Å². The number of nitrogens with one attached hydrogen (secondary N) is 1. The van der Waals surface area contributed by atoms with Gasteiger partial charge in [0.2, 0.25) is 0 Å². The summed E-state index contributed by atoms with van der Waals surface area (Å²) in [6, 6.07) is 8.07. The van der Waals surface area contributed by atoms with E-state index in [2.05, 4.69) is 10.3 Å². The van der Waals surface area contributed by atoms with Gasteiger partial charge in [-0.25, -0.2) is 0 Å². The lowest BCUT2D eigenvalue weighted by Crippen LogP contribution is -2.02. The Morgan fingerprint density at radius 2 is 2.00 bits per heavy atom. The van der Waals surface area contributed by atoms with Crippen LogP contribution < -0.4 is 11.1 Å². The molecule has 1 aromatic carbocycles. The van der Waals surface area contributed by atoms with Crippen LogP contribution in [0.3, 0.4) is 0 Å². The minimum atomic E-state index is -0.420. The van der Waals surface area contributed by atoms with Crippen LogP contribution in [0.15, 0.2) is 42.7 Å². The van der Waals surface area contributed by atoms with Gasteiger partial charge in [0, 0.05) is 24.9 Å². The minimum Gasteiger partial charge on any atom is -0.397 e. The van der Waals surface area contributed by atoms with Crippen molar-refractivity contribution in [2.24, 2.45) is 0 Å². The molecule has 6 nitrogen and oxygen atoms in total. The molecule has 0 unspecified atom stereocenters. The smallest absolute Gasteiger partial charge is 0.269 e. The summed E-state index contributed by atoms with van der Waals surface area (Å²) >= 11 is 0. The zero-order chi connectivity index (χ0) is 13.0. The maximum atomic E-state index is 10.5. The van der Waals surface area contributed by atoms with Gasteiger partial charge in [-0.3, -0.25) is 15.1 Å². The Balaban J connectivity index is 2.02. The summed E-state index contributed by atoms with van der Waals surface area (Å²) in [5.41, 5.74) is 8.14. The van der Waals surface area contributed by atoms with Crippen molar-refractivity contribution >= 4 is 17.1 Å². The highest BCUT2D eigenvalue weighted by Crippen LogP contribution is 2.17. The standard InChI is InChI=1S/C12H12N4O2/c13-11-5-6-14-8-12(11)15-7-9-1-3-10(4-2-9)16(17)18/h1-6,8,15H,7H2,(H2,13,14). The molecule has 0 aliphatic rings. The molecule has 0 atom stereocenters. The molecular formula is C12H12N4O2. The first-order chi connectivity index (χ1) is 8.66. The number of pyridine rings is 1. The Kier molecular flexibility index (Phi) is 3.38. The fourth-order valence-corrected chi connectivity index (χ4v) is 1.49. The molecule has 0 aliphatic heterocycles. The lowest BCUT2D eigenvalue weighted by molar-refractivity contribution is -0.384. The van der Waals surface area contributed by atoms with Crippen molar-refractivity contribution < 1.29 is 4.92 Å². The number of aromatic nitrogens is 1. The predicted molar refractivity (Wildman–Crippen MR) is 69.1 cm³/mol. The van der Waals surface area contributed by atoms with Crippen LogP contribution in [0, 0.1) is 10.1 Å². The van der Waals surface area contributed by atoms with Gasteiger partial charge in [-0.2, -0.15) is 0 Å². The van der Waals surface area contributed by atoms with E-state index < -0.39 is 4.92 Å². The normalized spacial score (nSPS) is 10.0. The van der Waals surface area contributed by atoms with E-state index >= 15 is 0 Å². The number of hydrogen-bond donors (Lipinski definition) is 2. The van der Waals surface area contributed by atoms with Crippen LogP contribution in [-0.2, 0) is 6.54 Å². The summed E-state index contributed by atoms with van der Waals surface area (Å²) < 4.78 is 0. The van der Waals surface area contributed by atoms with Gasteiger partial charge < -0.3 is 11.1 Å². The van der Waals surface area contributed by atoms with Gasteiger partial charge in [-0.15, -0.1) is 0 Å². The second-order valence-corrected chi connectivity index (χ2v) is 3.74. The number of hydrogen-bond acceptors (Lipinski definition) is 5. The third kappa shape index (κ3) is 2.73. The van der Waals surface area contributed by atoms with Crippen molar-refractivity contribution in [3.05, 3.63) is 58.4 Å². The van der Waals surface area contributed by atoms with Crippen LogP contribution in [0.4, 0.5) is 17.1 Å². The Bertz CT molecular complexity index is 554. The van der Waals surface area contributed by atoms with Crippen LogP contribution >= 0.6 is 0 Å². The Morgan fingerprint density at radius 3 is 2.61 bits per heavy atom. The lowest BCUT2D eigenvalue weighted by Gasteiger charge is -2.08. The molecule has 3 N–H and O–H groups in total. The van der Waals surface area contributed by atoms with Crippen LogP contribution in [0.25, 0.3) is 0 Å². The molecule has 0 aliphatic carbocycles. The number of anilines is 2. The number of non-ortho nitro benzene ring substituents is 1. The molecule has 0 spiro atoms. The van der Waals surface area contributed by atoms with Gasteiger partial charge in [0.15, 0.2) is 0 Å². The lowest BCUT2D eigenvalue weighted by atomic mass is 10.2. The van der Waals surface area contributed by atoms with Crippen molar-refractivity contribution in [1.82, 2.24) is 4.98 Å². The van der Waals surface area contributed by atoms with E-state index in [0.717, 1.165) is 11.3 Å². The second-order valence-electron chi connectivity index (χ2n) is 3.74. The summed E-state index contributed by atoms with van der Waals surface area (Å²) in [7, 11) is 0. The fourth-order valence-electron chi connectivity index (χ4n) is 1.49. The first kappa shape index (κ1) is 11.8. The molecule has 0 bridgehead atoms. The van der Waals surface area contributed by atoms with E-state index in [0.29, 0.717) is 12.2 Å². The summed E-state index contributed by atoms with van der Waals surface area (Å²) in [5, 5.41) is 13.6. The molecule has 1 aromatic heterocycles. The predicted octanol–water partition coefficient (Wildman–Crippen LogP) is 2.18. The molecule has 0 radical (unpaired) electrons. The van der Waals surface area contributed by atoms with Crippen LogP contribution in [-0.4, -0.2) is 9.91 Å². The van der Waals surface area contributed by atoms with Crippen LogP contribution in [0.5, 0.6) is 0 Å². The summed E-state index contributed by atoms with van der Waals surface area (Å²) in [5.74, 6) is 0. The van der Waals surface area contributed by atoms with Crippen LogP contribution in [0.2, 0.25) is 0 Å². The fraction of sp³-hybridized carbons (Fsp3) is 0.0833. The average molecular weight is 244 g/mol. The number of nitrogens with two attached hydrogens (primary N) is 1. The molecule has 1 heterocycles. The molecule has 2 rings (SSSR count). The van der Waals surface area contributed by atoms with Crippen molar-refractivity contribution in [2.45, 2.75) is 6.54 Å². The first-order valence-electron chi connectivity index (χ1n) is 5.33. The molecule has 0 fully saturated rings. The molecule has 0 amide bonds. The largest absolute Gasteiger partial charge is 0.397 e. The van der Waals surface area contributed by atoms with Gasteiger partial charge in [-0.1, -0.05) is 12.1 Å². The SMILES string of the molecule is Nc1ccncc1NCc1ccc([N+](=O)[O-])cc1. The third-order valence-electron chi connectivity index (χ3n) is 2.48. The van der Waals surface area contributed by atoms with E-state index in [9.17, 15) is 10.1 Å². The van der Waals surface area contributed by atoms with Gasteiger partial charge in [0.05, 0.1) is 22.5 Å². The van der Waals surface area contributed by atoms with E-state index in [1.54, 1.807) is 30.6 Å². The zero-order valence-electron chi connectivity index (χ0n) is 9.54. The van der Waals surface area contributed by atoms with E-state index in [4.69, 9.17) is 5.73 Å². The number of nitro benzene ring substituents is 1. The summed E-state index contributed by atoms with van der Waals surface area (Å²) in [6.07, 6.45) is 3.26. The van der Waals surface area contributed by atoms with E-state index in [1.807, 2.05) is 0 Å². The van der Waals surface area contributed by atoms with Gasteiger partial charge in [0.25, 0.3) is 5.69 Å². The van der Waals surface area contributed by atoms with Gasteiger partial charge in [-0.05, 0) is 11.6 Å². The van der Waals surface area contributed by atoms with E-state index in [1.165, 1.54) is 12.1 Å². The quantitative estimate of drug-likeness (QED) is 0.635. The zero-order valence-corrected chi connectivity index (χ0v) is 9.54. The molecule has 2 aromatic rings. The van der Waals surface area contributed by atoms with E-state index in [-0.39, 0.29) is 5.69 Å². The van der Waals surface area contributed by atoms with Crippen LogP contribution in [0.1, 0.15) is 5.56 Å². The summed E-state index contributed by atoms with van der Waals surface area (Å²) in [4.78, 5) is 14.0.